The lowest BCUT2D eigenvalue weighted by atomic mass is 10.0. The summed E-state index contributed by atoms with van der Waals surface area (Å²) in [4.78, 5) is 32.6. The van der Waals surface area contributed by atoms with Gasteiger partial charge in [-0.3, -0.25) is 4.79 Å². The maximum atomic E-state index is 12.4. The highest BCUT2D eigenvalue weighted by atomic mass is 32.1. The Morgan fingerprint density at radius 2 is 1.71 bits per heavy atom. The first kappa shape index (κ1) is 15.1. The van der Waals surface area contributed by atoms with Gasteiger partial charge in [0, 0.05) is 49.1 Å². The maximum Gasteiger partial charge on any atom is 0.321 e. The van der Waals surface area contributed by atoms with Gasteiger partial charge in [-0.2, -0.15) is 0 Å². The molecule has 2 aliphatic heterocycles. The number of thiazole rings is 1. The predicted octanol–water partition coefficient (Wildman–Crippen LogP) is 2.38. The zero-order valence-corrected chi connectivity index (χ0v) is 13.9. The van der Waals surface area contributed by atoms with Gasteiger partial charge < -0.3 is 15.1 Å². The number of aromatic nitrogens is 1. The van der Waals surface area contributed by atoms with Crippen LogP contribution in [0.1, 0.15) is 10.5 Å². The van der Waals surface area contributed by atoms with Gasteiger partial charge in [0.15, 0.2) is 0 Å². The van der Waals surface area contributed by atoms with Crippen LogP contribution in [-0.2, 0) is 0 Å². The molecule has 0 radical (unpaired) electrons. The van der Waals surface area contributed by atoms with Crippen LogP contribution in [-0.4, -0.2) is 52.9 Å². The number of carbonyl (C=O) groups excluding carboxylic acids is 2. The summed E-state index contributed by atoms with van der Waals surface area (Å²) in [7, 11) is 0. The highest BCUT2D eigenvalue weighted by Crippen LogP contribution is 2.32. The van der Waals surface area contributed by atoms with E-state index in [1.807, 2.05) is 40.1 Å². The molecule has 1 N–H and O–H groups in total. The van der Waals surface area contributed by atoms with Gasteiger partial charge in [-0.05, 0) is 12.1 Å². The number of carbonyl (C=O) groups is 2. The number of benzene rings is 1. The van der Waals surface area contributed by atoms with Crippen LogP contribution in [0.25, 0.3) is 0 Å². The van der Waals surface area contributed by atoms with Gasteiger partial charge in [-0.25, -0.2) is 9.78 Å². The van der Waals surface area contributed by atoms with Crippen molar-refractivity contribution in [2.75, 3.05) is 31.5 Å². The van der Waals surface area contributed by atoms with Crippen LogP contribution < -0.4 is 5.32 Å². The standard InChI is InChI=1S/C17H18N4O2S/c22-16(15-10-24-11-18-15)20-6-12-8-21(9-13(12)7-20)17(23)19-14-4-2-1-3-5-14/h1-5,10-13H,6-9H2,(H,19,23)/t12-,13-/m0/s1. The summed E-state index contributed by atoms with van der Waals surface area (Å²) in [5.74, 6) is 0.717. The van der Waals surface area contributed by atoms with E-state index in [0.29, 0.717) is 43.7 Å². The van der Waals surface area contributed by atoms with Crippen LogP contribution >= 0.6 is 11.3 Å². The van der Waals surface area contributed by atoms with E-state index < -0.39 is 0 Å². The van der Waals surface area contributed by atoms with Gasteiger partial charge in [0.25, 0.3) is 5.91 Å². The Morgan fingerprint density at radius 3 is 2.33 bits per heavy atom. The molecule has 24 heavy (non-hydrogen) atoms. The largest absolute Gasteiger partial charge is 0.337 e. The molecule has 0 bridgehead atoms. The van der Waals surface area contributed by atoms with Crippen molar-refractivity contribution in [3.8, 4) is 0 Å². The number of fused-ring (bicyclic) bond motifs is 1. The van der Waals surface area contributed by atoms with Crippen molar-refractivity contribution < 1.29 is 9.59 Å². The fourth-order valence-electron chi connectivity index (χ4n) is 3.53. The molecule has 3 amide bonds. The molecule has 0 aliphatic carbocycles. The molecule has 0 unspecified atom stereocenters. The number of amides is 3. The summed E-state index contributed by atoms with van der Waals surface area (Å²) in [6, 6.07) is 9.41. The van der Waals surface area contributed by atoms with Crippen molar-refractivity contribution in [1.82, 2.24) is 14.8 Å². The Morgan fingerprint density at radius 1 is 1.04 bits per heavy atom. The van der Waals surface area contributed by atoms with E-state index in [0.717, 1.165) is 5.69 Å². The first-order valence-electron chi connectivity index (χ1n) is 7.99. The van der Waals surface area contributed by atoms with E-state index in [4.69, 9.17) is 0 Å². The quantitative estimate of drug-likeness (QED) is 0.911. The molecular weight excluding hydrogens is 324 g/mol. The summed E-state index contributed by atoms with van der Waals surface area (Å²) in [5, 5.41) is 4.72. The van der Waals surface area contributed by atoms with Crippen LogP contribution in [0.2, 0.25) is 0 Å². The van der Waals surface area contributed by atoms with E-state index in [1.165, 1.54) is 11.3 Å². The molecule has 124 valence electrons. The molecule has 7 heteroatoms. The van der Waals surface area contributed by atoms with Gasteiger partial charge in [-0.1, -0.05) is 18.2 Å². The number of nitrogens with zero attached hydrogens (tertiary/aromatic N) is 3. The number of hydrogen-bond donors (Lipinski definition) is 1. The molecule has 2 aliphatic rings. The summed E-state index contributed by atoms with van der Waals surface area (Å²) < 4.78 is 0. The summed E-state index contributed by atoms with van der Waals surface area (Å²) in [5.41, 5.74) is 3.01. The van der Waals surface area contributed by atoms with Gasteiger partial charge >= 0.3 is 6.03 Å². The monoisotopic (exact) mass is 342 g/mol. The van der Waals surface area contributed by atoms with Crippen molar-refractivity contribution in [2.24, 2.45) is 11.8 Å². The van der Waals surface area contributed by atoms with Crippen molar-refractivity contribution in [2.45, 2.75) is 0 Å². The molecule has 2 aromatic rings. The molecule has 2 fully saturated rings. The minimum Gasteiger partial charge on any atom is -0.337 e. The Labute approximate surface area is 144 Å². The number of hydrogen-bond acceptors (Lipinski definition) is 4. The highest BCUT2D eigenvalue weighted by Gasteiger charge is 2.43. The average molecular weight is 342 g/mol. The second-order valence-corrected chi connectivity index (χ2v) is 7.02. The normalized spacial score (nSPS) is 22.5. The lowest BCUT2D eigenvalue weighted by Gasteiger charge is -2.21. The zero-order chi connectivity index (χ0) is 16.5. The van der Waals surface area contributed by atoms with Crippen LogP contribution in [0.4, 0.5) is 10.5 Å². The van der Waals surface area contributed by atoms with E-state index in [2.05, 4.69) is 10.3 Å². The smallest absolute Gasteiger partial charge is 0.321 e. The van der Waals surface area contributed by atoms with Gasteiger partial charge in [0.2, 0.25) is 0 Å². The molecule has 3 heterocycles. The van der Waals surface area contributed by atoms with E-state index >= 15 is 0 Å². The minimum atomic E-state index is -0.0621. The number of urea groups is 1. The molecule has 1 aromatic heterocycles. The minimum absolute atomic E-state index is 0.00550. The second-order valence-electron chi connectivity index (χ2n) is 6.31. The Balaban J connectivity index is 1.34. The van der Waals surface area contributed by atoms with Gasteiger partial charge in [-0.15, -0.1) is 11.3 Å². The van der Waals surface area contributed by atoms with E-state index in [-0.39, 0.29) is 11.9 Å². The zero-order valence-electron chi connectivity index (χ0n) is 13.1. The van der Waals surface area contributed by atoms with Crippen molar-refractivity contribution >= 4 is 29.0 Å². The Hall–Kier alpha value is -2.41. The molecule has 1 aromatic carbocycles. The molecule has 2 atom stereocenters. The number of rotatable bonds is 2. The summed E-state index contributed by atoms with van der Waals surface area (Å²) >= 11 is 1.43. The maximum absolute atomic E-state index is 12.4. The van der Waals surface area contributed by atoms with Crippen molar-refractivity contribution in [3.05, 3.63) is 46.9 Å². The topological polar surface area (TPSA) is 65.5 Å². The number of anilines is 1. The summed E-state index contributed by atoms with van der Waals surface area (Å²) in [6.07, 6.45) is 0. The average Bonchev–Trinajstić information content (AvgIpc) is 3.31. The summed E-state index contributed by atoms with van der Waals surface area (Å²) in [6.45, 7) is 2.81. The third-order valence-corrected chi connectivity index (χ3v) is 5.32. The van der Waals surface area contributed by atoms with Crippen LogP contribution in [0.3, 0.4) is 0 Å². The molecule has 0 saturated carbocycles. The lowest BCUT2D eigenvalue weighted by Crippen LogP contribution is -2.37. The van der Waals surface area contributed by atoms with Crippen LogP contribution in [0.15, 0.2) is 41.2 Å². The van der Waals surface area contributed by atoms with Crippen molar-refractivity contribution in [1.29, 1.82) is 0 Å². The molecule has 0 spiro atoms. The van der Waals surface area contributed by atoms with Crippen LogP contribution in [0.5, 0.6) is 0 Å². The SMILES string of the molecule is O=C(Nc1ccccc1)N1C[C@@H]2CN(C(=O)c3cscn3)C[C@H]2C1. The molecule has 6 nitrogen and oxygen atoms in total. The number of nitrogens with one attached hydrogen (secondary N) is 1. The lowest BCUT2D eigenvalue weighted by molar-refractivity contribution is 0.0772. The van der Waals surface area contributed by atoms with E-state index in [9.17, 15) is 9.59 Å². The fourth-order valence-corrected chi connectivity index (χ4v) is 4.05. The second kappa shape index (κ2) is 6.24. The highest BCUT2D eigenvalue weighted by molar-refractivity contribution is 7.07. The number of likely N-dealkylation sites (tertiary alicyclic amines) is 2. The molecule has 2 saturated heterocycles. The van der Waals surface area contributed by atoms with Gasteiger partial charge in [0.1, 0.15) is 5.69 Å². The molecule has 4 rings (SSSR count). The number of para-hydroxylation sites is 1. The molecular formula is C17H18N4O2S. The predicted molar refractivity (Wildman–Crippen MR) is 92.0 cm³/mol. The first-order chi connectivity index (χ1) is 11.7. The third kappa shape index (κ3) is 2.87. The first-order valence-corrected chi connectivity index (χ1v) is 8.93. The van der Waals surface area contributed by atoms with E-state index in [1.54, 1.807) is 10.9 Å². The van der Waals surface area contributed by atoms with Crippen LogP contribution in [0, 0.1) is 11.8 Å². The van der Waals surface area contributed by atoms with Crippen molar-refractivity contribution in [3.63, 3.8) is 0 Å². The third-order valence-electron chi connectivity index (χ3n) is 4.74. The fraction of sp³-hybridized carbons (Fsp3) is 0.353. The Bertz CT molecular complexity index is 720. The van der Waals surface area contributed by atoms with Gasteiger partial charge in [0.05, 0.1) is 5.51 Å². The Kier molecular flexibility index (Phi) is 3.93.